The molecule has 15 aromatic rings. The average molecular weight is 1200 g/mol. The predicted octanol–water partition coefficient (Wildman–Crippen LogP) is 18.2. The van der Waals surface area contributed by atoms with Crippen molar-refractivity contribution in [3.63, 3.8) is 0 Å². The molecular formula is C82H49N5O6. The van der Waals surface area contributed by atoms with Gasteiger partial charge in [-0.2, -0.15) is 0 Å². The van der Waals surface area contributed by atoms with E-state index in [1.807, 2.05) is 261 Å². The van der Waals surface area contributed by atoms with Crippen LogP contribution in [0, 0.1) is 0 Å². The Balaban J connectivity index is 0.000000111. The number of fused-ring (bicyclic) bond motifs is 3. The molecular weight excluding hydrogens is 1150 g/mol. The van der Waals surface area contributed by atoms with Crippen molar-refractivity contribution in [3.8, 4) is 33.5 Å². The van der Waals surface area contributed by atoms with Crippen LogP contribution in [0.5, 0.6) is 0 Å². The van der Waals surface area contributed by atoms with Gasteiger partial charge >= 0.3 is 0 Å². The number of nitrogens with zero attached hydrogens (tertiary/aromatic N) is 5. The first-order valence-corrected chi connectivity index (χ1v) is 30.3. The van der Waals surface area contributed by atoms with Gasteiger partial charge in [0.25, 0.3) is 35.4 Å². The molecule has 3 aliphatic rings. The van der Waals surface area contributed by atoms with Crippen LogP contribution in [-0.4, -0.2) is 45.4 Å². The lowest BCUT2D eigenvalue weighted by atomic mass is 9.89. The Bertz CT molecular complexity index is 5060. The van der Waals surface area contributed by atoms with E-state index in [4.69, 9.17) is 0 Å². The molecule has 0 spiro atoms. The molecule has 0 fully saturated rings. The van der Waals surface area contributed by atoms with Crippen LogP contribution >= 0.6 is 0 Å². The minimum atomic E-state index is -0.309. The van der Waals surface area contributed by atoms with Gasteiger partial charge in [-0.3, -0.25) is 38.7 Å². The van der Waals surface area contributed by atoms with Crippen molar-refractivity contribution in [2.24, 2.45) is 0 Å². The number of benzene rings is 13. The Morgan fingerprint density at radius 2 is 0.581 bits per heavy atom. The molecule has 13 aromatic carbocycles. The molecule has 438 valence electrons. The number of aromatic nitrogens is 2. The van der Waals surface area contributed by atoms with Crippen LogP contribution in [0.2, 0.25) is 0 Å². The van der Waals surface area contributed by atoms with Gasteiger partial charge in [0.2, 0.25) is 0 Å². The van der Waals surface area contributed by atoms with Crippen LogP contribution in [0.4, 0.5) is 17.1 Å². The van der Waals surface area contributed by atoms with Crippen LogP contribution < -0.4 is 14.7 Å². The van der Waals surface area contributed by atoms with Gasteiger partial charge in [-0.25, -0.2) is 14.7 Å². The third-order valence-electron chi connectivity index (χ3n) is 17.7. The number of hydrogen-bond donors (Lipinski definition) is 0. The smallest absolute Gasteiger partial charge is 0.265 e. The summed E-state index contributed by atoms with van der Waals surface area (Å²) in [5.74, 6) is -1.80. The summed E-state index contributed by atoms with van der Waals surface area (Å²) in [5.41, 5.74) is 10.6. The van der Waals surface area contributed by atoms with Gasteiger partial charge in [0.1, 0.15) is 0 Å². The fourth-order valence-electron chi connectivity index (χ4n) is 13.3. The summed E-state index contributed by atoms with van der Waals surface area (Å²) in [6.45, 7) is 0. The summed E-state index contributed by atoms with van der Waals surface area (Å²) < 4.78 is 0. The molecule has 0 bridgehead atoms. The Hall–Kier alpha value is -12.9. The lowest BCUT2D eigenvalue weighted by molar-refractivity contribution is 0.0877. The largest absolute Gasteiger partial charge is 0.268 e. The number of carbonyl (C=O) groups is 6. The van der Waals surface area contributed by atoms with E-state index in [-0.39, 0.29) is 35.4 Å². The standard InChI is InChI=1S/C28H17NO2.2C27H16N2O2/c30-27-24-12-6-11-23-22(19-8-2-1-3-9-19)15-16-25(26(23)24)28(31)29(27)21-14-13-18-7-4-5-10-20(18)17-21;30-26-23-9-3-8-22-21(19-7-4-14-28-16-19)12-13-24(25(22)23)27(31)29(26)20-11-10-17-5-1-2-6-18(17)15-20;30-26-22-9-5-8-21-20(24-10-3-4-15-28-24)13-14-23(25(21)22)27(31)29(26)19-12-11-17-6-1-2-7-18(17)16-19/h1-17H;2*1-16H. The molecule has 0 aliphatic carbocycles. The van der Waals surface area contributed by atoms with Crippen LogP contribution in [0.25, 0.3) is 98.1 Å². The van der Waals surface area contributed by atoms with E-state index in [0.717, 1.165) is 87.4 Å². The lowest BCUT2D eigenvalue weighted by Crippen LogP contribution is -2.40. The Kier molecular flexibility index (Phi) is 13.5. The third-order valence-corrected chi connectivity index (χ3v) is 17.7. The molecule has 93 heavy (non-hydrogen) atoms. The van der Waals surface area contributed by atoms with Gasteiger partial charge in [-0.1, -0.05) is 188 Å². The van der Waals surface area contributed by atoms with E-state index in [0.29, 0.717) is 61.2 Å². The maximum absolute atomic E-state index is 13.5. The maximum Gasteiger partial charge on any atom is 0.265 e. The molecule has 0 unspecified atom stereocenters. The first kappa shape index (κ1) is 55.5. The monoisotopic (exact) mass is 1200 g/mol. The van der Waals surface area contributed by atoms with Crippen LogP contribution in [0.1, 0.15) is 62.1 Å². The van der Waals surface area contributed by atoms with Crippen LogP contribution in [-0.2, 0) is 0 Å². The number of amides is 6. The van der Waals surface area contributed by atoms with Crippen molar-refractivity contribution in [3.05, 3.63) is 331 Å². The summed E-state index contributed by atoms with van der Waals surface area (Å²) >= 11 is 0. The second-order valence-electron chi connectivity index (χ2n) is 22.9. The second kappa shape index (κ2) is 22.6. The van der Waals surface area contributed by atoms with Crippen molar-refractivity contribution >= 4 is 117 Å². The zero-order chi connectivity index (χ0) is 62.8. The number of carbonyl (C=O) groups excluding carboxylic acids is 6. The number of pyridine rings is 2. The summed E-state index contributed by atoms with van der Waals surface area (Å²) in [6.07, 6.45) is 5.25. The second-order valence-corrected chi connectivity index (χ2v) is 22.9. The van der Waals surface area contributed by atoms with Crippen LogP contribution in [0.3, 0.4) is 0 Å². The van der Waals surface area contributed by atoms with E-state index in [1.165, 1.54) is 14.7 Å². The molecule has 18 rings (SSSR count). The summed E-state index contributed by atoms with van der Waals surface area (Å²) in [6, 6.07) is 88.5. The Morgan fingerprint density at radius 3 is 0.978 bits per heavy atom. The van der Waals surface area contributed by atoms with E-state index in [1.54, 1.807) is 36.8 Å². The zero-order valence-corrected chi connectivity index (χ0v) is 49.5. The molecule has 11 nitrogen and oxygen atoms in total. The number of rotatable bonds is 6. The van der Waals surface area contributed by atoms with Crippen molar-refractivity contribution < 1.29 is 28.8 Å². The SMILES string of the molecule is O=C1c2cccc3c(-c4ccccc4)ccc(c23)C(=O)N1c1ccc2ccccc2c1.O=C1c2cccc3c(-c4ccccn4)ccc(c23)C(=O)N1c1ccc2ccccc2c1.O=C1c2cccc3c(-c4cccnc4)ccc(c23)C(=O)N1c1ccc2ccccc2c1. The van der Waals surface area contributed by atoms with Crippen molar-refractivity contribution in [1.82, 2.24) is 9.97 Å². The molecule has 0 saturated carbocycles. The molecule has 11 heteroatoms. The number of imide groups is 3. The minimum Gasteiger partial charge on any atom is -0.268 e. The number of anilines is 3. The first-order chi connectivity index (χ1) is 45.7. The summed E-state index contributed by atoms with van der Waals surface area (Å²) in [4.78, 5) is 93.5. The normalized spacial score (nSPS) is 13.2. The molecule has 3 aliphatic heterocycles. The molecule has 2 aromatic heterocycles. The highest BCUT2D eigenvalue weighted by atomic mass is 16.2. The van der Waals surface area contributed by atoms with Gasteiger partial charge in [0.05, 0.1) is 22.8 Å². The quantitative estimate of drug-likeness (QED) is 0.150. The molecule has 0 radical (unpaired) electrons. The fourth-order valence-corrected chi connectivity index (χ4v) is 13.3. The van der Waals surface area contributed by atoms with Crippen molar-refractivity contribution in [1.29, 1.82) is 0 Å². The predicted molar refractivity (Wildman–Crippen MR) is 369 cm³/mol. The molecule has 0 N–H and O–H groups in total. The van der Waals surface area contributed by atoms with Gasteiger partial charge < -0.3 is 0 Å². The molecule has 0 atom stereocenters. The zero-order valence-electron chi connectivity index (χ0n) is 49.5. The minimum absolute atomic E-state index is 0.288. The average Bonchev–Trinajstić information content (AvgIpc) is 0.751. The third kappa shape index (κ3) is 9.37. The van der Waals surface area contributed by atoms with Crippen molar-refractivity contribution in [2.75, 3.05) is 14.7 Å². The Morgan fingerprint density at radius 1 is 0.237 bits per heavy atom. The van der Waals surface area contributed by atoms with Crippen molar-refractivity contribution in [2.45, 2.75) is 0 Å². The van der Waals surface area contributed by atoms with Gasteiger partial charge in [-0.15, -0.1) is 0 Å². The summed E-state index contributed by atoms with van der Waals surface area (Å²) in [5, 5.41) is 10.9. The van der Waals surface area contributed by atoms with Gasteiger partial charge in [0.15, 0.2) is 0 Å². The van der Waals surface area contributed by atoms with E-state index in [2.05, 4.69) is 9.97 Å². The topological polar surface area (TPSA) is 138 Å². The van der Waals surface area contributed by atoms with Gasteiger partial charge in [-0.05, 0) is 156 Å². The summed E-state index contributed by atoms with van der Waals surface area (Å²) in [7, 11) is 0. The van der Waals surface area contributed by atoms with E-state index in [9.17, 15) is 28.8 Å². The van der Waals surface area contributed by atoms with Gasteiger partial charge in [0, 0.05) is 79.3 Å². The molecule has 5 heterocycles. The first-order valence-electron chi connectivity index (χ1n) is 30.3. The lowest BCUT2D eigenvalue weighted by Gasteiger charge is -2.28. The van der Waals surface area contributed by atoms with E-state index >= 15 is 0 Å². The molecule has 0 saturated heterocycles. The number of hydrogen-bond acceptors (Lipinski definition) is 8. The maximum atomic E-state index is 13.5. The molecule has 6 amide bonds. The highest BCUT2D eigenvalue weighted by Crippen LogP contribution is 2.42. The highest BCUT2D eigenvalue weighted by molar-refractivity contribution is 6.39. The van der Waals surface area contributed by atoms with E-state index < -0.39 is 0 Å². The Labute approximate surface area is 532 Å². The highest BCUT2D eigenvalue weighted by Gasteiger charge is 2.38. The fraction of sp³-hybridized carbons (Fsp3) is 0. The van der Waals surface area contributed by atoms with Crippen LogP contribution in [0.15, 0.2) is 298 Å².